The minimum Gasteiger partial charge on any atom is -0.465 e. The highest BCUT2D eigenvalue weighted by Crippen LogP contribution is 2.61. The number of ketones is 1. The number of hydrogen-bond acceptors (Lipinski definition) is 5. The number of halogens is 3. The van der Waals surface area contributed by atoms with Crippen LogP contribution in [0.4, 0.5) is 13.2 Å². The fourth-order valence-electron chi connectivity index (χ4n) is 3.79. The number of rotatable bonds is 6. The van der Waals surface area contributed by atoms with Crippen molar-refractivity contribution in [2.45, 2.75) is 39.0 Å². The number of nitrogens with zero attached hydrogens (tertiary/aromatic N) is 3. The molecule has 6 nitrogen and oxygen atoms in total. The van der Waals surface area contributed by atoms with E-state index < -0.39 is 36.2 Å². The minimum atomic E-state index is -3.06. The van der Waals surface area contributed by atoms with Gasteiger partial charge in [-0.15, -0.1) is 0 Å². The summed E-state index contributed by atoms with van der Waals surface area (Å²) in [6, 6.07) is 7.11. The Morgan fingerprint density at radius 1 is 1.19 bits per heavy atom. The molecule has 1 aliphatic carbocycles. The third-order valence-electron chi connectivity index (χ3n) is 5.52. The predicted octanol–water partition coefficient (Wildman–Crippen LogP) is 4.21. The maximum atomic E-state index is 14.9. The number of fused-ring (bicyclic) bond motifs is 1. The molecule has 1 aromatic carbocycles. The zero-order valence-electron chi connectivity index (χ0n) is 17.2. The van der Waals surface area contributed by atoms with Crippen LogP contribution in [0.1, 0.15) is 48.4 Å². The van der Waals surface area contributed by atoms with E-state index in [1.54, 1.807) is 16.6 Å². The molecule has 0 amide bonds. The topological polar surface area (TPSA) is 73.6 Å². The summed E-state index contributed by atoms with van der Waals surface area (Å²) in [7, 11) is 0. The van der Waals surface area contributed by atoms with E-state index in [0.29, 0.717) is 17.8 Å². The van der Waals surface area contributed by atoms with Crippen LogP contribution in [0.15, 0.2) is 30.3 Å². The molecule has 0 N–H and O–H groups in total. The van der Waals surface area contributed by atoms with E-state index in [1.165, 1.54) is 19.1 Å². The summed E-state index contributed by atoms with van der Waals surface area (Å²) in [5, 5.41) is 4.39. The van der Waals surface area contributed by atoms with Gasteiger partial charge in [-0.25, -0.2) is 22.7 Å². The monoisotopic (exact) mass is 431 g/mol. The molecule has 1 aliphatic rings. The van der Waals surface area contributed by atoms with Gasteiger partial charge in [0, 0.05) is 31.2 Å². The molecule has 2 heterocycles. The Labute approximate surface area is 176 Å². The molecule has 3 aromatic rings. The number of alkyl halides is 2. The highest BCUT2D eigenvalue weighted by Gasteiger charge is 2.69. The van der Waals surface area contributed by atoms with Crippen LogP contribution in [0.25, 0.3) is 16.9 Å². The van der Waals surface area contributed by atoms with Crippen molar-refractivity contribution < 1.29 is 27.5 Å². The zero-order chi connectivity index (χ0) is 22.5. The van der Waals surface area contributed by atoms with Gasteiger partial charge in [0.2, 0.25) is 0 Å². The Balaban J connectivity index is 1.67. The molecule has 0 bridgehead atoms. The number of aromatic nitrogens is 3. The molecule has 0 aliphatic heterocycles. The van der Waals surface area contributed by atoms with Crippen LogP contribution in [0, 0.1) is 11.7 Å². The van der Waals surface area contributed by atoms with Crippen molar-refractivity contribution in [3.05, 3.63) is 53.1 Å². The first-order valence-electron chi connectivity index (χ1n) is 9.85. The minimum absolute atomic E-state index is 0.137. The largest absolute Gasteiger partial charge is 0.465 e. The van der Waals surface area contributed by atoms with Gasteiger partial charge in [0.25, 0.3) is 5.92 Å². The van der Waals surface area contributed by atoms with Gasteiger partial charge in [0.05, 0.1) is 17.5 Å². The zero-order valence-corrected chi connectivity index (χ0v) is 17.2. The van der Waals surface area contributed by atoms with Gasteiger partial charge in [-0.05, 0) is 30.2 Å². The average molecular weight is 431 g/mol. The van der Waals surface area contributed by atoms with Gasteiger partial charge in [-0.1, -0.05) is 13.0 Å². The molecule has 31 heavy (non-hydrogen) atoms. The molecule has 1 saturated carbocycles. The van der Waals surface area contributed by atoms with Crippen LogP contribution in [-0.2, 0) is 16.0 Å². The van der Waals surface area contributed by atoms with Gasteiger partial charge < -0.3 is 4.74 Å². The number of benzene rings is 1. The molecule has 0 radical (unpaired) electrons. The van der Waals surface area contributed by atoms with Gasteiger partial charge in [0.1, 0.15) is 18.1 Å². The maximum Gasteiger partial charge on any atom is 0.302 e. The highest BCUT2D eigenvalue weighted by molar-refractivity contribution is 5.92. The molecule has 0 spiro atoms. The summed E-state index contributed by atoms with van der Waals surface area (Å²) < 4.78 is 49.4. The first-order valence-corrected chi connectivity index (χ1v) is 9.85. The van der Waals surface area contributed by atoms with Crippen LogP contribution >= 0.6 is 0 Å². The molecular weight excluding hydrogens is 411 g/mol. The quantitative estimate of drug-likeness (QED) is 0.432. The van der Waals surface area contributed by atoms with Crippen molar-refractivity contribution in [3.63, 3.8) is 0 Å². The Morgan fingerprint density at radius 3 is 2.55 bits per heavy atom. The van der Waals surface area contributed by atoms with Gasteiger partial charge in [-0.3, -0.25) is 9.59 Å². The second kappa shape index (κ2) is 7.47. The lowest BCUT2D eigenvalue weighted by Crippen LogP contribution is -2.06. The van der Waals surface area contributed by atoms with Crippen molar-refractivity contribution in [1.82, 2.24) is 14.6 Å². The molecule has 2 aromatic heterocycles. The fraction of sp³-hybridized carbons (Fsp3) is 0.364. The summed E-state index contributed by atoms with van der Waals surface area (Å²) in [5.74, 6) is -6.96. The number of carbonyl (C=O) groups excluding carboxylic acids is 2. The van der Waals surface area contributed by atoms with Crippen molar-refractivity contribution in [3.8, 4) is 11.3 Å². The van der Waals surface area contributed by atoms with Crippen LogP contribution in [0.5, 0.6) is 0 Å². The van der Waals surface area contributed by atoms with Gasteiger partial charge in [-0.2, -0.15) is 5.10 Å². The summed E-state index contributed by atoms with van der Waals surface area (Å²) in [5.41, 5.74) is 1.99. The Kier molecular flexibility index (Phi) is 5.07. The first-order chi connectivity index (χ1) is 14.6. The summed E-state index contributed by atoms with van der Waals surface area (Å²) in [4.78, 5) is 26.9. The summed E-state index contributed by atoms with van der Waals surface area (Å²) >= 11 is 0. The number of Topliss-reactive ketones (excluding diaryl/α,β-unsaturated/α-hetero) is 1. The Morgan fingerprint density at radius 2 is 1.94 bits per heavy atom. The number of carbonyl (C=O) groups is 2. The fourth-order valence-corrected chi connectivity index (χ4v) is 3.79. The number of esters is 1. The normalized spacial score (nSPS) is 19.4. The van der Waals surface area contributed by atoms with Crippen LogP contribution in [-0.4, -0.2) is 38.9 Å². The van der Waals surface area contributed by atoms with E-state index in [-0.39, 0.29) is 22.6 Å². The lowest BCUT2D eigenvalue weighted by Gasteiger charge is -2.05. The van der Waals surface area contributed by atoms with Crippen molar-refractivity contribution in [1.29, 1.82) is 0 Å². The Hall–Kier alpha value is -3.23. The smallest absolute Gasteiger partial charge is 0.302 e. The number of ether oxygens (including phenoxy) is 1. The third kappa shape index (κ3) is 3.68. The lowest BCUT2D eigenvalue weighted by atomic mass is 10.0. The van der Waals surface area contributed by atoms with Crippen LogP contribution < -0.4 is 0 Å². The predicted molar refractivity (Wildman–Crippen MR) is 106 cm³/mol. The van der Waals surface area contributed by atoms with Gasteiger partial charge >= 0.3 is 5.97 Å². The van der Waals surface area contributed by atoms with Crippen molar-refractivity contribution in [2.75, 3.05) is 6.61 Å². The van der Waals surface area contributed by atoms with E-state index >= 15 is 0 Å². The summed E-state index contributed by atoms with van der Waals surface area (Å²) in [6.45, 7) is 4.05. The van der Waals surface area contributed by atoms with Crippen molar-refractivity contribution >= 4 is 17.4 Å². The van der Waals surface area contributed by atoms with E-state index in [2.05, 4.69) is 10.1 Å². The highest BCUT2D eigenvalue weighted by atomic mass is 19.3. The second-order valence-electron chi connectivity index (χ2n) is 7.64. The lowest BCUT2D eigenvalue weighted by molar-refractivity contribution is -0.142. The molecule has 9 heteroatoms. The molecule has 1 unspecified atom stereocenters. The molecule has 162 valence electrons. The molecule has 4 rings (SSSR count). The SMILES string of the molecule is CCc1cc(C(C)=O)nc2cc(-c3ccc([C@@H]4C(COC(C)=O)C4(F)F)cc3F)nn12. The maximum absolute atomic E-state index is 14.9. The number of aryl methyl sites for hydroxylation is 1. The van der Waals surface area contributed by atoms with E-state index in [9.17, 15) is 22.8 Å². The Bertz CT molecular complexity index is 1210. The standard InChI is InChI=1S/C22H20F3N3O3/c1-4-14-8-18(11(2)29)26-20-9-19(27-28(14)20)15-6-5-13(7-17(15)23)21-16(22(21,24)25)10-31-12(3)30/h5-9,16,21H,4,10H2,1-3H3/t16?,21-/m1/s1. The van der Waals surface area contributed by atoms with Gasteiger partial charge in [0.15, 0.2) is 11.4 Å². The molecular formula is C22H20F3N3O3. The number of hydrogen-bond donors (Lipinski definition) is 0. The van der Waals surface area contributed by atoms with E-state index in [0.717, 1.165) is 18.7 Å². The molecule has 1 fully saturated rings. The first kappa shape index (κ1) is 21.0. The van der Waals surface area contributed by atoms with E-state index in [4.69, 9.17) is 4.74 Å². The van der Waals surface area contributed by atoms with Crippen LogP contribution in [0.3, 0.4) is 0 Å². The molecule has 0 saturated heterocycles. The summed E-state index contributed by atoms with van der Waals surface area (Å²) in [6.07, 6.45) is 0.586. The molecule has 2 atom stereocenters. The van der Waals surface area contributed by atoms with Crippen molar-refractivity contribution in [2.24, 2.45) is 5.92 Å². The van der Waals surface area contributed by atoms with E-state index in [1.807, 2.05) is 6.92 Å². The second-order valence-corrected chi connectivity index (χ2v) is 7.64. The van der Waals surface area contributed by atoms with Crippen LogP contribution in [0.2, 0.25) is 0 Å². The third-order valence-corrected chi connectivity index (χ3v) is 5.52. The average Bonchev–Trinajstić information content (AvgIpc) is 3.03.